The van der Waals surface area contributed by atoms with E-state index in [0.29, 0.717) is 5.69 Å². The number of carbonyl (C=O) groups excluding carboxylic acids is 1. The van der Waals surface area contributed by atoms with Crippen molar-refractivity contribution in [1.82, 2.24) is 4.98 Å². The molecule has 1 amide bonds. The Bertz CT molecular complexity index is 820. The van der Waals surface area contributed by atoms with Gasteiger partial charge in [0.05, 0.1) is 22.4 Å². The van der Waals surface area contributed by atoms with E-state index >= 15 is 0 Å². The topological polar surface area (TPSA) is 72.6 Å². The van der Waals surface area contributed by atoms with Crippen LogP contribution in [0.2, 0.25) is 0 Å². The van der Waals surface area contributed by atoms with E-state index in [9.17, 15) is 4.79 Å². The fourth-order valence-corrected chi connectivity index (χ4v) is 2.87. The highest BCUT2D eigenvalue weighted by Crippen LogP contribution is 2.37. The monoisotopic (exact) mass is 358 g/mol. The number of H-pyrrole nitrogens is 1. The van der Waals surface area contributed by atoms with Crippen LogP contribution in [0.4, 0.5) is 10.5 Å². The lowest BCUT2D eigenvalue weighted by Crippen LogP contribution is -2.41. The summed E-state index contributed by atoms with van der Waals surface area (Å²) in [6, 6.07) is 5.71. The maximum Gasteiger partial charge on any atom is 0.495 e. The number of aromatic amines is 1. The molecule has 2 heterocycles. The van der Waals surface area contributed by atoms with Crippen molar-refractivity contribution in [3.63, 3.8) is 0 Å². The fourth-order valence-electron chi connectivity index (χ4n) is 2.87. The lowest BCUT2D eigenvalue weighted by Gasteiger charge is -2.32. The van der Waals surface area contributed by atoms with Crippen LogP contribution in [0.1, 0.15) is 48.5 Å². The van der Waals surface area contributed by atoms with Crippen LogP contribution in [-0.4, -0.2) is 35.0 Å². The number of ether oxygens (including phenoxy) is 1. The van der Waals surface area contributed by atoms with Crippen LogP contribution >= 0.6 is 0 Å². The fraction of sp³-hybridized carbons (Fsp3) is 0.526. The van der Waals surface area contributed by atoms with E-state index in [1.54, 1.807) is 0 Å². The van der Waals surface area contributed by atoms with Crippen LogP contribution in [0, 0.1) is 0 Å². The van der Waals surface area contributed by atoms with Gasteiger partial charge in [0.1, 0.15) is 5.60 Å². The maximum absolute atomic E-state index is 12.1. The van der Waals surface area contributed by atoms with Crippen LogP contribution in [0.15, 0.2) is 24.4 Å². The van der Waals surface area contributed by atoms with Gasteiger partial charge in [0, 0.05) is 11.6 Å². The van der Waals surface area contributed by atoms with E-state index in [0.717, 1.165) is 16.4 Å². The number of anilines is 1. The standard InChI is InChI=1S/C19H27BN2O4/c1-17(2,3)24-16(23)22-14-9-8-13(12-10-11-21-15(12)14)20-25-18(4,5)19(6,7)26-20/h8-11,21H,1-7H3,(H,22,23). The van der Waals surface area contributed by atoms with Crippen LogP contribution in [-0.2, 0) is 14.0 Å². The summed E-state index contributed by atoms with van der Waals surface area (Å²) in [5.74, 6) is 0. The minimum atomic E-state index is -0.554. The first kappa shape index (κ1) is 18.8. The third-order valence-electron chi connectivity index (χ3n) is 4.90. The highest BCUT2D eigenvalue weighted by molar-refractivity contribution is 6.65. The third-order valence-corrected chi connectivity index (χ3v) is 4.90. The van der Waals surface area contributed by atoms with Gasteiger partial charge in [0.25, 0.3) is 0 Å². The zero-order valence-corrected chi connectivity index (χ0v) is 16.5. The number of fused-ring (bicyclic) bond motifs is 1. The molecule has 1 aromatic heterocycles. The average molecular weight is 358 g/mol. The number of benzene rings is 1. The molecule has 140 valence electrons. The van der Waals surface area contributed by atoms with Crippen molar-refractivity contribution in [3.05, 3.63) is 24.4 Å². The van der Waals surface area contributed by atoms with Gasteiger partial charge in [-0.05, 0) is 66.1 Å². The van der Waals surface area contributed by atoms with Gasteiger partial charge in [-0.2, -0.15) is 0 Å². The molecule has 0 bridgehead atoms. The molecule has 1 saturated heterocycles. The predicted octanol–water partition coefficient (Wildman–Crippen LogP) is 3.81. The normalized spacial score (nSPS) is 19.0. The summed E-state index contributed by atoms with van der Waals surface area (Å²) in [5, 5.41) is 3.75. The van der Waals surface area contributed by atoms with Crippen LogP contribution < -0.4 is 10.8 Å². The molecular weight excluding hydrogens is 331 g/mol. The highest BCUT2D eigenvalue weighted by atomic mass is 16.7. The molecule has 1 aliphatic heterocycles. The first-order valence-corrected chi connectivity index (χ1v) is 8.85. The smallest absolute Gasteiger partial charge is 0.444 e. The predicted molar refractivity (Wildman–Crippen MR) is 104 cm³/mol. The van der Waals surface area contributed by atoms with E-state index < -0.39 is 30.0 Å². The second-order valence-electron chi connectivity index (χ2n) is 8.68. The van der Waals surface area contributed by atoms with E-state index in [1.807, 2.05) is 72.9 Å². The van der Waals surface area contributed by atoms with Crippen molar-refractivity contribution in [2.45, 2.75) is 65.3 Å². The Morgan fingerprint density at radius 3 is 2.31 bits per heavy atom. The van der Waals surface area contributed by atoms with E-state index in [1.165, 1.54) is 0 Å². The largest absolute Gasteiger partial charge is 0.495 e. The second-order valence-corrected chi connectivity index (χ2v) is 8.68. The second kappa shape index (κ2) is 6.03. The molecule has 2 aromatic rings. The summed E-state index contributed by atoms with van der Waals surface area (Å²) < 4.78 is 17.7. The number of carbonyl (C=O) groups is 1. The molecule has 2 N–H and O–H groups in total. The molecule has 0 saturated carbocycles. The first-order chi connectivity index (χ1) is 11.9. The molecule has 0 atom stereocenters. The van der Waals surface area contributed by atoms with Gasteiger partial charge < -0.3 is 19.0 Å². The molecule has 26 heavy (non-hydrogen) atoms. The quantitative estimate of drug-likeness (QED) is 0.801. The van der Waals surface area contributed by atoms with Crippen molar-refractivity contribution in [3.8, 4) is 0 Å². The zero-order chi connectivity index (χ0) is 19.3. The van der Waals surface area contributed by atoms with Gasteiger partial charge in [-0.15, -0.1) is 0 Å². The molecular formula is C19H27BN2O4. The number of aromatic nitrogens is 1. The van der Waals surface area contributed by atoms with Gasteiger partial charge in [-0.3, -0.25) is 5.32 Å². The number of hydrogen-bond donors (Lipinski definition) is 2. The summed E-state index contributed by atoms with van der Waals surface area (Å²) >= 11 is 0. The summed E-state index contributed by atoms with van der Waals surface area (Å²) in [7, 11) is -0.464. The minimum absolute atomic E-state index is 0.409. The molecule has 1 aliphatic rings. The van der Waals surface area contributed by atoms with Crippen molar-refractivity contribution in [2.24, 2.45) is 0 Å². The number of hydrogen-bond acceptors (Lipinski definition) is 4. The molecule has 0 radical (unpaired) electrons. The molecule has 1 aromatic carbocycles. The first-order valence-electron chi connectivity index (χ1n) is 8.85. The summed E-state index contributed by atoms with van der Waals surface area (Å²) in [4.78, 5) is 15.3. The van der Waals surface area contributed by atoms with E-state index in [4.69, 9.17) is 14.0 Å². The van der Waals surface area contributed by atoms with Crippen molar-refractivity contribution in [2.75, 3.05) is 5.32 Å². The molecule has 3 rings (SSSR count). The number of amides is 1. The van der Waals surface area contributed by atoms with Crippen molar-refractivity contribution in [1.29, 1.82) is 0 Å². The SMILES string of the molecule is CC(C)(C)OC(=O)Nc1ccc(B2OC(C)(C)C(C)(C)O2)c2cc[nH]c12. The van der Waals surface area contributed by atoms with Crippen molar-refractivity contribution >= 4 is 35.3 Å². The summed E-state index contributed by atoms with van der Waals surface area (Å²) in [6.07, 6.45) is 1.34. The Morgan fingerprint density at radius 2 is 1.73 bits per heavy atom. The molecule has 0 aliphatic carbocycles. The minimum Gasteiger partial charge on any atom is -0.444 e. The Balaban J connectivity index is 1.90. The summed E-state index contributed by atoms with van der Waals surface area (Å²) in [5.41, 5.74) is 1.01. The Kier molecular flexibility index (Phi) is 4.36. The number of rotatable bonds is 2. The van der Waals surface area contributed by atoms with E-state index in [-0.39, 0.29) is 0 Å². The third kappa shape index (κ3) is 3.46. The zero-order valence-electron chi connectivity index (χ0n) is 16.5. The highest BCUT2D eigenvalue weighted by Gasteiger charge is 2.52. The molecule has 6 nitrogen and oxygen atoms in total. The van der Waals surface area contributed by atoms with Gasteiger partial charge in [0.2, 0.25) is 0 Å². The Labute approximate surface area is 154 Å². The summed E-state index contributed by atoms with van der Waals surface area (Å²) in [6.45, 7) is 13.6. The van der Waals surface area contributed by atoms with Crippen LogP contribution in [0.5, 0.6) is 0 Å². The lowest BCUT2D eigenvalue weighted by molar-refractivity contribution is 0.00578. The van der Waals surface area contributed by atoms with Crippen LogP contribution in [0.3, 0.4) is 0 Å². The number of nitrogens with one attached hydrogen (secondary N) is 2. The van der Waals surface area contributed by atoms with Gasteiger partial charge in [0.15, 0.2) is 0 Å². The van der Waals surface area contributed by atoms with Crippen molar-refractivity contribution < 1.29 is 18.8 Å². The maximum atomic E-state index is 12.1. The Hall–Kier alpha value is -1.99. The molecule has 1 fully saturated rings. The molecule has 0 spiro atoms. The average Bonchev–Trinajstić information content (AvgIpc) is 3.00. The van der Waals surface area contributed by atoms with E-state index in [2.05, 4.69) is 10.3 Å². The van der Waals surface area contributed by atoms with Gasteiger partial charge in [-0.1, -0.05) is 6.07 Å². The lowest BCUT2D eigenvalue weighted by atomic mass is 9.77. The van der Waals surface area contributed by atoms with Gasteiger partial charge in [-0.25, -0.2) is 4.79 Å². The van der Waals surface area contributed by atoms with Gasteiger partial charge >= 0.3 is 13.2 Å². The Morgan fingerprint density at radius 1 is 1.12 bits per heavy atom. The molecule has 0 unspecified atom stereocenters. The van der Waals surface area contributed by atoms with Crippen LogP contribution in [0.25, 0.3) is 10.9 Å². The molecule has 7 heteroatoms.